The van der Waals surface area contributed by atoms with Crippen molar-refractivity contribution >= 4 is 114 Å². The van der Waals surface area contributed by atoms with Gasteiger partial charge in [0, 0.05) is 77.3 Å². The van der Waals surface area contributed by atoms with Gasteiger partial charge in [-0.3, -0.25) is 9.13 Å². The molecule has 4 N–H and O–H groups in total. The SMILES string of the molecule is Brc1cccc2[nH]ccc12.CC.CC(C)(C)OC(=O)n1c(O[B]O)cc2c(-c3ccoc3)cccc21.CC(C)(C)OC(=O)n1ccc2c(-c3ccoc3)cccc21.CC(C)(C)OC(=O)n1ccc2c(Br)cccc21.OB(O)c1ccoc1. The van der Waals surface area contributed by atoms with Gasteiger partial charge in [0.2, 0.25) is 0 Å². The van der Waals surface area contributed by atoms with Crippen molar-refractivity contribution in [3.05, 3.63) is 180 Å². The zero-order valence-electron chi connectivity index (χ0n) is 47.3. The third kappa shape index (κ3) is 16.8. The first-order valence-corrected chi connectivity index (χ1v) is 27.5. The summed E-state index contributed by atoms with van der Waals surface area (Å²) >= 11 is 6.91. The van der Waals surface area contributed by atoms with Gasteiger partial charge < -0.3 is 52.2 Å². The molecule has 0 saturated heterocycles. The molecule has 0 bridgehead atoms. The summed E-state index contributed by atoms with van der Waals surface area (Å²) in [5.74, 6) is 0.165. The van der Waals surface area contributed by atoms with E-state index in [4.69, 9.17) is 42.8 Å². The summed E-state index contributed by atoms with van der Waals surface area (Å²) in [6.07, 6.45) is 13.3. The van der Waals surface area contributed by atoms with Crippen LogP contribution in [0.1, 0.15) is 76.2 Å². The van der Waals surface area contributed by atoms with E-state index in [1.807, 2.05) is 147 Å². The minimum atomic E-state index is -1.41. The molecule has 4 aromatic carbocycles. The quantitative estimate of drug-likeness (QED) is 0.0932. The highest BCUT2D eigenvalue weighted by Gasteiger charge is 2.25. The average molecular weight is 1240 g/mol. The maximum atomic E-state index is 12.6. The molecule has 0 saturated carbocycles. The smallest absolute Gasteiger partial charge is 0.524 e. The minimum Gasteiger partial charge on any atom is -0.524 e. The van der Waals surface area contributed by atoms with Crippen LogP contribution in [0, 0.1) is 0 Å². The Balaban J connectivity index is 0.000000171. The van der Waals surface area contributed by atoms with Crippen LogP contribution in [0.2, 0.25) is 0 Å². The van der Waals surface area contributed by atoms with Gasteiger partial charge in [0.05, 0.1) is 54.1 Å². The summed E-state index contributed by atoms with van der Waals surface area (Å²) in [4.78, 5) is 39.9. The van der Waals surface area contributed by atoms with Crippen LogP contribution in [0.4, 0.5) is 14.4 Å². The van der Waals surface area contributed by atoms with Crippen molar-refractivity contribution in [3.63, 3.8) is 0 Å². The number of aromatic nitrogens is 4. The lowest BCUT2D eigenvalue weighted by Gasteiger charge is -2.20. The molecule has 0 aliphatic heterocycles. The van der Waals surface area contributed by atoms with Crippen molar-refractivity contribution in [2.45, 2.75) is 93.0 Å². The lowest BCUT2D eigenvalue weighted by Crippen LogP contribution is -2.27. The van der Waals surface area contributed by atoms with Crippen LogP contribution in [0.25, 0.3) is 65.9 Å². The predicted molar refractivity (Wildman–Crippen MR) is 328 cm³/mol. The van der Waals surface area contributed by atoms with Gasteiger partial charge in [0.25, 0.3) is 0 Å². The van der Waals surface area contributed by atoms with E-state index in [0.717, 1.165) is 58.4 Å². The highest BCUT2D eigenvalue weighted by Crippen LogP contribution is 2.35. The van der Waals surface area contributed by atoms with E-state index < -0.39 is 30.0 Å². The highest BCUT2D eigenvalue weighted by molar-refractivity contribution is 9.11. The zero-order chi connectivity index (χ0) is 59.9. The third-order valence-corrected chi connectivity index (χ3v) is 12.6. The molecule has 82 heavy (non-hydrogen) atoms. The molecule has 0 aliphatic carbocycles. The Bertz CT molecular complexity index is 3800. The van der Waals surface area contributed by atoms with E-state index in [9.17, 15) is 14.4 Å². The van der Waals surface area contributed by atoms with Crippen LogP contribution in [-0.4, -0.2) is 83.6 Å². The molecule has 7 heterocycles. The van der Waals surface area contributed by atoms with Crippen molar-refractivity contribution in [3.8, 4) is 28.1 Å². The number of hydrogen-bond donors (Lipinski definition) is 4. The number of carbonyl (C=O) groups is 3. The molecule has 0 spiro atoms. The Labute approximate surface area is 493 Å². The molecule has 17 nitrogen and oxygen atoms in total. The number of nitrogens with zero attached hydrogens (tertiary/aromatic N) is 3. The van der Waals surface area contributed by atoms with Gasteiger partial charge in [-0.05, 0) is 146 Å². The minimum absolute atomic E-state index is 0.165. The van der Waals surface area contributed by atoms with Gasteiger partial charge in [-0.1, -0.05) is 82.1 Å². The number of aromatic amines is 1. The number of furan rings is 3. The number of ether oxygens (including phenoxy) is 3. The number of rotatable bonds is 5. The molecule has 427 valence electrons. The number of hydrogen-bond acceptors (Lipinski definition) is 13. The maximum Gasteiger partial charge on any atom is 0.570 e. The Morgan fingerprint density at radius 2 is 1.01 bits per heavy atom. The molecule has 1 radical (unpaired) electrons. The second-order valence-electron chi connectivity index (χ2n) is 20.6. The number of carbonyl (C=O) groups excluding carboxylic acids is 3. The monoisotopic (exact) mass is 1240 g/mol. The Hall–Kier alpha value is -7.94. The molecule has 0 aliphatic rings. The van der Waals surface area contributed by atoms with Crippen molar-refractivity contribution in [2.75, 3.05) is 0 Å². The summed E-state index contributed by atoms with van der Waals surface area (Å²) in [5, 5.41) is 29.8. The van der Waals surface area contributed by atoms with E-state index in [1.54, 1.807) is 70.4 Å². The van der Waals surface area contributed by atoms with E-state index in [1.165, 1.54) is 43.2 Å². The largest absolute Gasteiger partial charge is 0.570 e. The van der Waals surface area contributed by atoms with E-state index >= 15 is 0 Å². The number of fused-ring (bicyclic) bond motifs is 4. The second-order valence-corrected chi connectivity index (χ2v) is 22.3. The fraction of sp³-hybridized carbons (Fsp3) is 0.230. The molecular formula is C61H65B2Br2N4O13. The normalized spacial score (nSPS) is 11.1. The van der Waals surface area contributed by atoms with E-state index in [0.29, 0.717) is 18.7 Å². The lowest BCUT2D eigenvalue weighted by molar-refractivity contribution is 0.0527. The van der Waals surface area contributed by atoms with Crippen LogP contribution in [0.3, 0.4) is 0 Å². The summed E-state index contributed by atoms with van der Waals surface area (Å²) in [7, 11) is -0.874. The molecule has 0 amide bonds. The Kier molecular flexibility index (Phi) is 21.7. The summed E-state index contributed by atoms with van der Waals surface area (Å²) < 4.78 is 42.6. The van der Waals surface area contributed by atoms with Crippen molar-refractivity contribution in [1.29, 1.82) is 0 Å². The predicted octanol–water partition coefficient (Wildman–Crippen LogP) is 15.4. The van der Waals surface area contributed by atoms with Gasteiger partial charge in [0.1, 0.15) is 16.8 Å². The van der Waals surface area contributed by atoms with Crippen LogP contribution < -0.4 is 10.1 Å². The van der Waals surface area contributed by atoms with Gasteiger partial charge in [-0.25, -0.2) is 19.0 Å². The first kappa shape index (κ1) is 63.2. The number of halogens is 2. The average Bonchev–Trinajstić information content (AvgIpc) is 3.51. The summed E-state index contributed by atoms with van der Waals surface area (Å²) in [6.45, 7) is 20.5. The number of nitrogens with one attached hydrogen (secondary N) is 1. The van der Waals surface area contributed by atoms with Crippen LogP contribution >= 0.6 is 31.9 Å². The topological polar surface area (TPSA) is 219 Å². The van der Waals surface area contributed by atoms with Crippen LogP contribution in [0.15, 0.2) is 194 Å². The molecular weight excluding hydrogens is 1180 g/mol. The Morgan fingerprint density at radius 1 is 0.549 bits per heavy atom. The number of benzene rings is 4. The molecule has 7 aromatic heterocycles. The standard InChI is InChI=1S/C17H17BNO5.C17H17NO3.C13H14BrNO2.C8H6BrN.C4H5BO3.C2H6/c1-17(2,3)23-16(20)19-14-6-4-5-12(11-7-8-22-10-11)13(14)9-15(19)24-18-21;1-17(2,3)21-16(19)18-9-7-14-13(5-4-6-15(14)18)12-8-10-20-11-12;1-13(2,3)17-12(16)15-8-7-9-10(14)5-4-6-11(9)15;9-7-2-1-3-8-6(7)4-5-10-8;6-5(7)4-1-2-8-3-4;1-2/h4-10,21H,1-3H3;4-11H,1-3H3;4-8H,1-3H3;1-5,10H;1-3,6-7H;1-2H3. The second kappa shape index (κ2) is 28.2. The van der Waals surface area contributed by atoms with Gasteiger partial charge in [-0.2, -0.15) is 0 Å². The van der Waals surface area contributed by atoms with Crippen molar-refractivity contribution in [2.24, 2.45) is 0 Å². The first-order chi connectivity index (χ1) is 38.9. The molecule has 21 heteroatoms. The Morgan fingerprint density at radius 3 is 1.49 bits per heavy atom. The van der Waals surface area contributed by atoms with Crippen LogP contribution in [0.5, 0.6) is 5.88 Å². The van der Waals surface area contributed by atoms with Crippen LogP contribution in [-0.2, 0) is 14.2 Å². The third-order valence-electron chi connectivity index (χ3n) is 11.2. The van der Waals surface area contributed by atoms with Gasteiger partial charge >= 0.3 is 33.1 Å². The lowest BCUT2D eigenvalue weighted by atomic mass is 9.83. The van der Waals surface area contributed by atoms with Crippen molar-refractivity contribution in [1.82, 2.24) is 18.7 Å². The molecule has 0 unspecified atom stereocenters. The fourth-order valence-corrected chi connectivity index (χ4v) is 8.88. The van der Waals surface area contributed by atoms with E-state index in [2.05, 4.69) is 53.4 Å². The zero-order valence-corrected chi connectivity index (χ0v) is 50.5. The molecule has 11 rings (SSSR count). The van der Waals surface area contributed by atoms with Gasteiger partial charge in [-0.15, -0.1) is 0 Å². The van der Waals surface area contributed by atoms with E-state index in [-0.39, 0.29) is 18.1 Å². The fourth-order valence-electron chi connectivity index (χ4n) is 7.89. The molecule has 0 fully saturated rings. The first-order valence-electron chi connectivity index (χ1n) is 25.9. The summed E-state index contributed by atoms with van der Waals surface area (Å²) in [5.41, 5.74) is 5.95. The summed E-state index contributed by atoms with van der Waals surface area (Å²) in [6, 6.07) is 36.0. The molecule has 11 aromatic rings. The maximum absolute atomic E-state index is 12.6. The highest BCUT2D eigenvalue weighted by atomic mass is 79.9. The molecule has 0 atom stereocenters. The van der Waals surface area contributed by atoms with Crippen molar-refractivity contribution < 1.29 is 61.6 Å². The van der Waals surface area contributed by atoms with Gasteiger partial charge in [0.15, 0.2) is 5.88 Å². The number of H-pyrrole nitrogens is 1.